The molecule has 0 spiro atoms. The third-order valence-electron chi connectivity index (χ3n) is 3.52. The van der Waals surface area contributed by atoms with Crippen LogP contribution in [0.25, 0.3) is 0 Å². The van der Waals surface area contributed by atoms with Crippen LogP contribution in [0.1, 0.15) is 18.2 Å². The molecule has 1 fully saturated rings. The Morgan fingerprint density at radius 2 is 2.29 bits per heavy atom. The van der Waals surface area contributed by atoms with Crippen LogP contribution in [0.5, 0.6) is 0 Å². The molecule has 0 aromatic carbocycles. The first-order valence-corrected chi connectivity index (χ1v) is 8.64. The molecule has 2 N–H and O–H groups in total. The van der Waals surface area contributed by atoms with E-state index in [1.807, 2.05) is 25.1 Å². The Morgan fingerprint density at radius 1 is 1.52 bits per heavy atom. The van der Waals surface area contributed by atoms with E-state index in [0.717, 1.165) is 5.76 Å². The van der Waals surface area contributed by atoms with Crippen LogP contribution in [-0.4, -0.2) is 57.5 Å². The Labute approximate surface area is 124 Å². The molecule has 0 bridgehead atoms. The average Bonchev–Trinajstić information content (AvgIpc) is 2.99. The fourth-order valence-electron chi connectivity index (χ4n) is 2.35. The standard InChI is InChI=1S/C13H21N3O4S/c1-16(2)11(12-4-3-6-20-12)8-14-13(17)15-10-5-7-21(18,19)9-10/h3-4,6,10-11H,5,7-9H2,1-2H3,(H2,14,15,17)/t10-,11+/m0/s1. The summed E-state index contributed by atoms with van der Waals surface area (Å²) < 4.78 is 28.0. The third kappa shape index (κ3) is 4.47. The highest BCUT2D eigenvalue weighted by atomic mass is 32.2. The number of nitrogens with zero attached hydrogens (tertiary/aromatic N) is 1. The van der Waals surface area contributed by atoms with Crippen LogP contribution in [0.15, 0.2) is 22.8 Å². The lowest BCUT2D eigenvalue weighted by atomic mass is 10.2. The molecule has 21 heavy (non-hydrogen) atoms. The summed E-state index contributed by atoms with van der Waals surface area (Å²) in [5.41, 5.74) is 0. The van der Waals surface area contributed by atoms with Gasteiger partial charge in [-0.25, -0.2) is 13.2 Å². The number of furan rings is 1. The van der Waals surface area contributed by atoms with Gasteiger partial charge in [0.2, 0.25) is 0 Å². The van der Waals surface area contributed by atoms with Gasteiger partial charge in [-0.15, -0.1) is 0 Å². The number of carbonyl (C=O) groups excluding carboxylic acids is 1. The predicted octanol–water partition coefficient (Wildman–Crippen LogP) is 0.369. The first kappa shape index (κ1) is 15.8. The smallest absolute Gasteiger partial charge is 0.315 e. The molecule has 1 aliphatic heterocycles. The second-order valence-electron chi connectivity index (χ2n) is 5.45. The van der Waals surface area contributed by atoms with Crippen LogP contribution < -0.4 is 10.6 Å². The zero-order chi connectivity index (χ0) is 15.5. The maximum Gasteiger partial charge on any atom is 0.315 e. The van der Waals surface area contributed by atoms with Crippen LogP contribution in [0, 0.1) is 0 Å². The summed E-state index contributed by atoms with van der Waals surface area (Å²) in [5.74, 6) is 0.934. The van der Waals surface area contributed by atoms with Gasteiger partial charge in [-0.1, -0.05) is 0 Å². The van der Waals surface area contributed by atoms with Crippen molar-refractivity contribution in [1.82, 2.24) is 15.5 Å². The van der Waals surface area contributed by atoms with Gasteiger partial charge < -0.3 is 15.1 Å². The van der Waals surface area contributed by atoms with Crippen molar-refractivity contribution in [2.75, 3.05) is 32.1 Å². The van der Waals surface area contributed by atoms with Gasteiger partial charge in [-0.05, 0) is 32.6 Å². The van der Waals surface area contributed by atoms with Gasteiger partial charge in [-0.3, -0.25) is 4.90 Å². The quantitative estimate of drug-likeness (QED) is 0.819. The van der Waals surface area contributed by atoms with Gasteiger partial charge >= 0.3 is 6.03 Å². The molecule has 2 amide bonds. The Kier molecular flexibility index (Phi) is 4.89. The van der Waals surface area contributed by atoms with Crippen LogP contribution >= 0.6 is 0 Å². The Hall–Kier alpha value is -1.54. The Balaban J connectivity index is 1.83. The second kappa shape index (κ2) is 6.48. The number of hydrogen-bond donors (Lipinski definition) is 2. The number of hydrogen-bond acceptors (Lipinski definition) is 5. The minimum atomic E-state index is -2.99. The van der Waals surface area contributed by atoms with Crippen molar-refractivity contribution in [2.45, 2.75) is 18.5 Å². The minimum absolute atomic E-state index is 0.0235. The molecular weight excluding hydrogens is 294 g/mol. The molecule has 0 aliphatic carbocycles. The molecule has 2 heterocycles. The predicted molar refractivity (Wildman–Crippen MR) is 78.7 cm³/mol. The van der Waals surface area contributed by atoms with E-state index in [1.54, 1.807) is 12.3 Å². The number of sulfone groups is 1. The first-order valence-electron chi connectivity index (χ1n) is 6.82. The highest BCUT2D eigenvalue weighted by Crippen LogP contribution is 2.17. The summed E-state index contributed by atoms with van der Waals surface area (Å²) in [7, 11) is 0.811. The minimum Gasteiger partial charge on any atom is -0.468 e. The fourth-order valence-corrected chi connectivity index (χ4v) is 4.03. The fraction of sp³-hybridized carbons (Fsp3) is 0.615. The van der Waals surface area contributed by atoms with E-state index in [0.29, 0.717) is 13.0 Å². The largest absolute Gasteiger partial charge is 0.468 e. The number of likely N-dealkylation sites (N-methyl/N-ethyl adjacent to an activating group) is 1. The van der Waals surface area contributed by atoms with Crippen molar-refractivity contribution in [3.63, 3.8) is 0 Å². The molecule has 0 unspecified atom stereocenters. The maximum atomic E-state index is 11.8. The van der Waals surface area contributed by atoms with Crippen LogP contribution in [0.3, 0.4) is 0 Å². The maximum absolute atomic E-state index is 11.8. The number of urea groups is 1. The van der Waals surface area contributed by atoms with E-state index in [-0.39, 0.29) is 29.6 Å². The topological polar surface area (TPSA) is 91.7 Å². The Bertz CT molecular complexity index is 568. The lowest BCUT2D eigenvalue weighted by molar-refractivity contribution is 0.223. The lowest BCUT2D eigenvalue weighted by Gasteiger charge is -2.23. The molecule has 1 aliphatic rings. The summed E-state index contributed by atoms with van der Waals surface area (Å²) in [6.45, 7) is 0.381. The molecule has 1 aromatic rings. The Morgan fingerprint density at radius 3 is 2.81 bits per heavy atom. The van der Waals surface area contributed by atoms with E-state index in [1.165, 1.54) is 0 Å². The number of nitrogens with one attached hydrogen (secondary N) is 2. The number of rotatable bonds is 5. The zero-order valence-electron chi connectivity index (χ0n) is 12.2. The lowest BCUT2D eigenvalue weighted by Crippen LogP contribution is -2.45. The highest BCUT2D eigenvalue weighted by molar-refractivity contribution is 7.91. The molecule has 7 nitrogen and oxygen atoms in total. The van der Waals surface area contributed by atoms with Crippen molar-refractivity contribution in [1.29, 1.82) is 0 Å². The molecule has 1 saturated heterocycles. The second-order valence-corrected chi connectivity index (χ2v) is 7.68. The summed E-state index contributed by atoms with van der Waals surface area (Å²) >= 11 is 0. The zero-order valence-corrected chi connectivity index (χ0v) is 13.0. The van der Waals surface area contributed by atoms with Gasteiger partial charge in [0.05, 0.1) is 23.8 Å². The van der Waals surface area contributed by atoms with Crippen LogP contribution in [0.2, 0.25) is 0 Å². The van der Waals surface area contributed by atoms with Crippen LogP contribution in [-0.2, 0) is 9.84 Å². The molecule has 0 radical (unpaired) electrons. The van der Waals surface area contributed by atoms with E-state index < -0.39 is 9.84 Å². The summed E-state index contributed by atoms with van der Waals surface area (Å²) in [6.07, 6.45) is 2.07. The van der Waals surface area contributed by atoms with E-state index in [4.69, 9.17) is 4.42 Å². The molecule has 2 atom stereocenters. The summed E-state index contributed by atoms with van der Waals surface area (Å²) in [6, 6.07) is 2.94. The van der Waals surface area contributed by atoms with E-state index in [9.17, 15) is 13.2 Å². The van der Waals surface area contributed by atoms with Gasteiger partial charge in [0.15, 0.2) is 9.84 Å². The molecule has 2 rings (SSSR count). The first-order chi connectivity index (χ1) is 9.87. The molecular formula is C13H21N3O4S. The van der Waals surface area contributed by atoms with Gasteiger partial charge in [-0.2, -0.15) is 0 Å². The highest BCUT2D eigenvalue weighted by Gasteiger charge is 2.29. The van der Waals surface area contributed by atoms with Gasteiger partial charge in [0, 0.05) is 12.6 Å². The SMILES string of the molecule is CN(C)[C@H](CNC(=O)N[C@H]1CCS(=O)(=O)C1)c1ccco1. The van der Waals surface area contributed by atoms with Gasteiger partial charge in [0.1, 0.15) is 5.76 Å². The molecule has 8 heteroatoms. The average molecular weight is 315 g/mol. The van der Waals surface area contributed by atoms with Gasteiger partial charge in [0.25, 0.3) is 0 Å². The third-order valence-corrected chi connectivity index (χ3v) is 5.29. The van der Waals surface area contributed by atoms with Crippen molar-refractivity contribution in [3.8, 4) is 0 Å². The summed E-state index contributed by atoms with van der Waals surface area (Å²) in [4.78, 5) is 13.8. The normalized spacial score (nSPS) is 22.1. The van der Waals surface area contributed by atoms with Crippen molar-refractivity contribution in [3.05, 3.63) is 24.2 Å². The molecule has 0 saturated carbocycles. The van der Waals surface area contributed by atoms with E-state index in [2.05, 4.69) is 10.6 Å². The number of amides is 2. The monoisotopic (exact) mass is 315 g/mol. The van der Waals surface area contributed by atoms with Crippen molar-refractivity contribution < 1.29 is 17.6 Å². The summed E-state index contributed by atoms with van der Waals surface area (Å²) in [5, 5.41) is 5.46. The van der Waals surface area contributed by atoms with Crippen molar-refractivity contribution >= 4 is 15.9 Å². The van der Waals surface area contributed by atoms with E-state index >= 15 is 0 Å². The molecule has 118 valence electrons. The number of carbonyl (C=O) groups is 1. The molecule has 1 aromatic heterocycles. The van der Waals surface area contributed by atoms with Crippen molar-refractivity contribution in [2.24, 2.45) is 0 Å². The van der Waals surface area contributed by atoms with Crippen LogP contribution in [0.4, 0.5) is 4.79 Å².